The molecule has 1 amide bonds. The van der Waals surface area contributed by atoms with Gasteiger partial charge in [0.15, 0.2) is 0 Å². The van der Waals surface area contributed by atoms with Crippen molar-refractivity contribution in [3.63, 3.8) is 0 Å². The Morgan fingerprint density at radius 1 is 1.19 bits per heavy atom. The number of nitro benzene ring substituents is 1. The Hall–Kier alpha value is -3.04. The molecule has 0 spiro atoms. The number of rotatable bonds is 6. The molecule has 0 aliphatic heterocycles. The van der Waals surface area contributed by atoms with E-state index in [9.17, 15) is 19.7 Å². The van der Waals surface area contributed by atoms with Crippen LogP contribution in [0.25, 0.3) is 10.4 Å². The lowest BCUT2D eigenvalue weighted by Gasteiger charge is -2.08. The van der Waals surface area contributed by atoms with E-state index in [0.29, 0.717) is 16.1 Å². The smallest absolute Gasteiger partial charge is 0.342 e. The monoisotopic (exact) mass is 402 g/mol. The Morgan fingerprint density at radius 2 is 1.96 bits per heavy atom. The Bertz CT molecular complexity index is 995. The van der Waals surface area contributed by atoms with Crippen molar-refractivity contribution in [1.29, 1.82) is 0 Å². The third-order valence-electron chi connectivity index (χ3n) is 3.62. The number of thiophene rings is 2. The van der Waals surface area contributed by atoms with Gasteiger partial charge < -0.3 is 10.1 Å². The molecule has 2 aromatic heterocycles. The van der Waals surface area contributed by atoms with E-state index >= 15 is 0 Å². The second kappa shape index (κ2) is 8.11. The number of anilines is 1. The first kappa shape index (κ1) is 18.7. The van der Waals surface area contributed by atoms with Gasteiger partial charge in [0.1, 0.15) is 17.2 Å². The van der Waals surface area contributed by atoms with Crippen molar-refractivity contribution in [2.45, 2.75) is 13.5 Å². The normalized spacial score (nSPS) is 10.4. The van der Waals surface area contributed by atoms with Gasteiger partial charge in [-0.3, -0.25) is 14.9 Å². The number of hydrogen-bond donors (Lipinski definition) is 1. The molecule has 3 rings (SSSR count). The topological polar surface area (TPSA) is 98.5 Å². The van der Waals surface area contributed by atoms with Crippen molar-refractivity contribution >= 4 is 45.2 Å². The fourth-order valence-corrected chi connectivity index (χ4v) is 4.27. The molecule has 3 aromatic rings. The molecule has 7 nitrogen and oxygen atoms in total. The molecule has 0 radical (unpaired) electrons. The van der Waals surface area contributed by atoms with Crippen LogP contribution in [0.4, 0.5) is 10.7 Å². The second-order valence-electron chi connectivity index (χ2n) is 5.47. The zero-order valence-electron chi connectivity index (χ0n) is 14.1. The van der Waals surface area contributed by atoms with Crippen LogP contribution in [0.1, 0.15) is 22.8 Å². The summed E-state index contributed by atoms with van der Waals surface area (Å²) in [5.74, 6) is -0.955. The van der Waals surface area contributed by atoms with Gasteiger partial charge in [0, 0.05) is 28.8 Å². The van der Waals surface area contributed by atoms with Crippen LogP contribution >= 0.6 is 22.7 Å². The SMILES string of the molecule is CC(=O)Nc1scc(-c2cccs2)c1C(=O)OCc1ccccc1[N+](=O)[O-]. The molecule has 1 N–H and O–H groups in total. The first-order valence-electron chi connectivity index (χ1n) is 7.79. The number of nitrogens with one attached hydrogen (secondary N) is 1. The van der Waals surface area contributed by atoms with E-state index in [1.807, 2.05) is 17.5 Å². The van der Waals surface area contributed by atoms with Crippen LogP contribution in [0.5, 0.6) is 0 Å². The summed E-state index contributed by atoms with van der Waals surface area (Å²) in [4.78, 5) is 35.6. The molecule has 9 heteroatoms. The van der Waals surface area contributed by atoms with E-state index in [2.05, 4.69) is 5.32 Å². The predicted molar refractivity (Wildman–Crippen MR) is 104 cm³/mol. The second-order valence-corrected chi connectivity index (χ2v) is 7.30. The van der Waals surface area contributed by atoms with Gasteiger partial charge in [0.2, 0.25) is 5.91 Å². The van der Waals surface area contributed by atoms with Crippen LogP contribution in [0.2, 0.25) is 0 Å². The summed E-state index contributed by atoms with van der Waals surface area (Å²) in [6.07, 6.45) is 0. The van der Waals surface area contributed by atoms with Crippen LogP contribution in [0.3, 0.4) is 0 Å². The van der Waals surface area contributed by atoms with Crippen LogP contribution in [0, 0.1) is 10.1 Å². The highest BCUT2D eigenvalue weighted by Crippen LogP contribution is 2.38. The maximum Gasteiger partial charge on any atom is 0.342 e. The lowest BCUT2D eigenvalue weighted by molar-refractivity contribution is -0.385. The van der Waals surface area contributed by atoms with Crippen molar-refractivity contribution in [2.75, 3.05) is 5.32 Å². The fourth-order valence-electron chi connectivity index (χ4n) is 2.45. The van der Waals surface area contributed by atoms with Crippen LogP contribution < -0.4 is 5.32 Å². The molecule has 0 bridgehead atoms. The Kier molecular flexibility index (Phi) is 5.63. The standard InChI is InChI=1S/C18H14N2O5S2/c1-11(21)19-17-16(13(10-27-17)15-7-4-8-26-15)18(22)25-9-12-5-2-3-6-14(12)20(23)24/h2-8,10H,9H2,1H3,(H,19,21). The average molecular weight is 402 g/mol. The van der Waals surface area contributed by atoms with Gasteiger partial charge >= 0.3 is 5.97 Å². The molecule has 0 atom stereocenters. The number of esters is 1. The van der Waals surface area contributed by atoms with Gasteiger partial charge in [-0.1, -0.05) is 18.2 Å². The molecule has 0 unspecified atom stereocenters. The summed E-state index contributed by atoms with van der Waals surface area (Å²) in [5, 5.41) is 17.8. The molecule has 138 valence electrons. The summed E-state index contributed by atoms with van der Waals surface area (Å²) in [7, 11) is 0. The number of carbonyl (C=O) groups is 2. The third-order valence-corrected chi connectivity index (χ3v) is 5.42. The van der Waals surface area contributed by atoms with E-state index < -0.39 is 10.9 Å². The highest BCUT2D eigenvalue weighted by atomic mass is 32.1. The number of benzene rings is 1. The summed E-state index contributed by atoms with van der Waals surface area (Å²) in [6.45, 7) is 1.11. The number of hydrogen-bond acceptors (Lipinski definition) is 7. The van der Waals surface area contributed by atoms with Gasteiger partial charge in [0.05, 0.1) is 10.5 Å². The summed E-state index contributed by atoms with van der Waals surface area (Å²) in [5.41, 5.74) is 1.09. The van der Waals surface area contributed by atoms with Crippen LogP contribution in [0.15, 0.2) is 47.2 Å². The van der Waals surface area contributed by atoms with Gasteiger partial charge in [-0.05, 0) is 17.5 Å². The van der Waals surface area contributed by atoms with Gasteiger partial charge in [-0.25, -0.2) is 4.79 Å². The zero-order valence-corrected chi connectivity index (χ0v) is 15.8. The highest BCUT2D eigenvalue weighted by molar-refractivity contribution is 7.17. The summed E-state index contributed by atoms with van der Waals surface area (Å²) >= 11 is 2.68. The molecule has 27 heavy (non-hydrogen) atoms. The number of nitro groups is 1. The fraction of sp³-hybridized carbons (Fsp3) is 0.111. The largest absolute Gasteiger partial charge is 0.457 e. The Balaban J connectivity index is 1.89. The third kappa shape index (κ3) is 4.21. The van der Waals surface area contributed by atoms with Crippen LogP contribution in [-0.4, -0.2) is 16.8 Å². The molecule has 0 saturated heterocycles. The molecular weight excluding hydrogens is 388 g/mol. The van der Waals surface area contributed by atoms with Crippen molar-refractivity contribution in [1.82, 2.24) is 0 Å². The van der Waals surface area contributed by atoms with Crippen molar-refractivity contribution < 1.29 is 19.2 Å². The van der Waals surface area contributed by atoms with Gasteiger partial charge in [-0.15, -0.1) is 22.7 Å². The van der Waals surface area contributed by atoms with E-state index in [1.165, 1.54) is 41.7 Å². The molecule has 1 aromatic carbocycles. The Morgan fingerprint density at radius 3 is 2.63 bits per heavy atom. The maximum atomic E-state index is 12.7. The molecule has 2 heterocycles. The minimum absolute atomic E-state index is 0.115. The number of carbonyl (C=O) groups excluding carboxylic acids is 2. The first-order valence-corrected chi connectivity index (χ1v) is 9.55. The molecule has 0 fully saturated rings. The van der Waals surface area contributed by atoms with E-state index in [1.54, 1.807) is 17.5 Å². The number of nitrogens with zero attached hydrogens (tertiary/aromatic N) is 1. The van der Waals surface area contributed by atoms with E-state index in [4.69, 9.17) is 4.74 Å². The number of para-hydroxylation sites is 1. The van der Waals surface area contributed by atoms with Gasteiger partial charge in [-0.2, -0.15) is 0 Å². The first-order chi connectivity index (χ1) is 13.0. The lowest BCUT2D eigenvalue weighted by atomic mass is 10.1. The van der Waals surface area contributed by atoms with Gasteiger partial charge in [0.25, 0.3) is 5.69 Å². The number of ether oxygens (including phenoxy) is 1. The predicted octanol–water partition coefficient (Wildman–Crippen LogP) is 4.70. The molecule has 0 aliphatic rings. The maximum absolute atomic E-state index is 12.7. The molecule has 0 saturated carbocycles. The molecular formula is C18H14N2O5S2. The zero-order chi connectivity index (χ0) is 19.4. The average Bonchev–Trinajstić information content (AvgIpc) is 3.29. The minimum Gasteiger partial charge on any atom is -0.457 e. The number of amides is 1. The van der Waals surface area contributed by atoms with Crippen molar-refractivity contribution in [3.05, 3.63) is 68.4 Å². The van der Waals surface area contributed by atoms with E-state index in [0.717, 1.165) is 4.88 Å². The summed E-state index contributed by atoms with van der Waals surface area (Å²) in [6, 6.07) is 9.80. The molecule has 0 aliphatic carbocycles. The Labute approximate surface area is 162 Å². The lowest BCUT2D eigenvalue weighted by Crippen LogP contribution is -2.12. The summed E-state index contributed by atoms with van der Waals surface area (Å²) < 4.78 is 5.34. The van der Waals surface area contributed by atoms with E-state index in [-0.39, 0.29) is 23.8 Å². The van der Waals surface area contributed by atoms with Crippen LogP contribution in [-0.2, 0) is 16.1 Å². The highest BCUT2D eigenvalue weighted by Gasteiger charge is 2.24. The van der Waals surface area contributed by atoms with Crippen molar-refractivity contribution in [3.8, 4) is 10.4 Å². The quantitative estimate of drug-likeness (QED) is 0.366. The minimum atomic E-state index is -0.651. The van der Waals surface area contributed by atoms with Crippen molar-refractivity contribution in [2.24, 2.45) is 0 Å².